The van der Waals surface area contributed by atoms with Crippen molar-refractivity contribution in [2.45, 2.75) is 32.4 Å². The average Bonchev–Trinajstić information content (AvgIpc) is 3.09. The number of nitrogens with zero attached hydrogens (tertiary/aromatic N) is 5. The van der Waals surface area contributed by atoms with Gasteiger partial charge in [0.25, 0.3) is 0 Å². The van der Waals surface area contributed by atoms with Crippen LogP contribution in [-0.2, 0) is 11.8 Å². The molecule has 1 saturated heterocycles. The molecule has 0 bridgehead atoms. The maximum Gasteiger partial charge on any atom is 0.191 e. The van der Waals surface area contributed by atoms with E-state index in [1.165, 1.54) is 12.0 Å². The van der Waals surface area contributed by atoms with Crippen molar-refractivity contribution in [2.24, 2.45) is 18.0 Å². The van der Waals surface area contributed by atoms with E-state index in [1.807, 2.05) is 25.0 Å². The zero-order valence-electron chi connectivity index (χ0n) is 18.5. The second-order valence-electron chi connectivity index (χ2n) is 8.19. The minimum atomic E-state index is 0.234. The molecule has 0 radical (unpaired) electrons. The van der Waals surface area contributed by atoms with Crippen LogP contribution in [0, 0.1) is 5.92 Å². The van der Waals surface area contributed by atoms with Crippen molar-refractivity contribution in [3.8, 4) is 0 Å². The molecule has 1 aliphatic rings. The Bertz CT molecular complexity index is 593. The van der Waals surface area contributed by atoms with Crippen molar-refractivity contribution < 1.29 is 4.74 Å². The summed E-state index contributed by atoms with van der Waals surface area (Å²) in [6.07, 6.45) is 5.17. The van der Waals surface area contributed by atoms with Gasteiger partial charge in [-0.05, 0) is 26.4 Å². The molecule has 2 rings (SSSR count). The number of rotatable bonds is 9. The smallest absolute Gasteiger partial charge is 0.191 e. The first-order valence-corrected chi connectivity index (χ1v) is 10.3. The van der Waals surface area contributed by atoms with Gasteiger partial charge in [0.15, 0.2) is 5.96 Å². The van der Waals surface area contributed by atoms with Crippen LogP contribution in [0.3, 0.4) is 0 Å². The molecule has 1 aromatic rings. The third-order valence-corrected chi connectivity index (χ3v) is 5.23. The van der Waals surface area contributed by atoms with E-state index in [4.69, 9.17) is 4.74 Å². The largest absolute Gasteiger partial charge is 0.379 e. The van der Waals surface area contributed by atoms with Crippen molar-refractivity contribution in [1.82, 2.24) is 30.2 Å². The zero-order valence-corrected chi connectivity index (χ0v) is 18.5. The highest BCUT2D eigenvalue weighted by Gasteiger charge is 2.22. The molecule has 2 heterocycles. The first kappa shape index (κ1) is 22.6. The lowest BCUT2D eigenvalue weighted by molar-refractivity contribution is 0.0132. The summed E-state index contributed by atoms with van der Waals surface area (Å²) in [6.45, 7) is 9.91. The van der Waals surface area contributed by atoms with Crippen molar-refractivity contribution in [2.75, 3.05) is 60.5 Å². The molecular formula is C20H39N7O. The van der Waals surface area contributed by atoms with Crippen LogP contribution in [0.25, 0.3) is 0 Å². The Hall–Kier alpha value is -1.64. The number of hydrogen-bond acceptors (Lipinski definition) is 5. The number of hydrogen-bond donors (Lipinski definition) is 2. The molecule has 1 fully saturated rings. The number of nitrogens with one attached hydrogen (secondary N) is 2. The normalized spacial score (nSPS) is 18.5. The van der Waals surface area contributed by atoms with E-state index in [2.05, 4.69) is 64.7 Å². The lowest BCUT2D eigenvalue weighted by Crippen LogP contribution is -2.51. The second-order valence-corrected chi connectivity index (χ2v) is 8.19. The molecule has 0 saturated carbocycles. The third kappa shape index (κ3) is 7.07. The first-order chi connectivity index (χ1) is 13.4. The van der Waals surface area contributed by atoms with E-state index in [1.54, 1.807) is 0 Å². The van der Waals surface area contributed by atoms with Crippen LogP contribution in [0.4, 0.5) is 0 Å². The van der Waals surface area contributed by atoms with Gasteiger partial charge in [-0.15, -0.1) is 0 Å². The number of likely N-dealkylation sites (N-methyl/N-ethyl adjacent to an activating group) is 1. The molecule has 1 aromatic heterocycles. The summed E-state index contributed by atoms with van der Waals surface area (Å²) < 4.78 is 7.37. The Balaban J connectivity index is 1.90. The highest BCUT2D eigenvalue weighted by Crippen LogP contribution is 2.16. The SMILES string of the molecule is CN=C(NCC(c1cnn(C)c1)N(C)C)NCC(CC(C)C)N1CCOCC1. The molecule has 160 valence electrons. The Labute approximate surface area is 170 Å². The van der Waals surface area contributed by atoms with Gasteiger partial charge in [0.2, 0.25) is 0 Å². The van der Waals surface area contributed by atoms with Gasteiger partial charge in [0, 0.05) is 58.1 Å². The molecule has 2 atom stereocenters. The van der Waals surface area contributed by atoms with Crippen molar-refractivity contribution in [1.29, 1.82) is 0 Å². The van der Waals surface area contributed by atoms with E-state index in [0.29, 0.717) is 12.0 Å². The highest BCUT2D eigenvalue weighted by atomic mass is 16.5. The molecule has 2 unspecified atom stereocenters. The van der Waals surface area contributed by atoms with Gasteiger partial charge in [-0.1, -0.05) is 13.8 Å². The number of aromatic nitrogens is 2. The summed E-state index contributed by atoms with van der Waals surface area (Å²) in [6, 6.07) is 0.725. The Kier molecular flexibility index (Phi) is 9.21. The van der Waals surface area contributed by atoms with Crippen molar-refractivity contribution in [3.63, 3.8) is 0 Å². The Morgan fingerprint density at radius 3 is 2.46 bits per heavy atom. The van der Waals surface area contributed by atoms with Crippen molar-refractivity contribution in [3.05, 3.63) is 18.0 Å². The molecule has 1 aliphatic heterocycles. The predicted molar refractivity (Wildman–Crippen MR) is 115 cm³/mol. The van der Waals surface area contributed by atoms with Crippen molar-refractivity contribution >= 4 is 5.96 Å². The Morgan fingerprint density at radius 1 is 1.25 bits per heavy atom. The molecule has 0 amide bonds. The maximum atomic E-state index is 5.52. The fourth-order valence-corrected chi connectivity index (χ4v) is 3.69. The molecule has 0 aromatic carbocycles. The lowest BCUT2D eigenvalue weighted by Gasteiger charge is -2.36. The average molecular weight is 394 g/mol. The summed E-state index contributed by atoms with van der Waals surface area (Å²) in [7, 11) is 7.96. The maximum absolute atomic E-state index is 5.52. The van der Waals surface area contributed by atoms with Gasteiger partial charge in [-0.3, -0.25) is 14.6 Å². The highest BCUT2D eigenvalue weighted by molar-refractivity contribution is 5.79. The van der Waals surface area contributed by atoms with E-state index in [-0.39, 0.29) is 6.04 Å². The third-order valence-electron chi connectivity index (χ3n) is 5.23. The predicted octanol–water partition coefficient (Wildman–Crippen LogP) is 0.935. The number of guanidine groups is 1. The summed E-state index contributed by atoms with van der Waals surface area (Å²) in [4.78, 5) is 9.17. The number of ether oxygens (including phenoxy) is 1. The van der Waals surface area contributed by atoms with E-state index in [0.717, 1.165) is 45.4 Å². The zero-order chi connectivity index (χ0) is 20.5. The molecule has 8 heteroatoms. The topological polar surface area (TPSA) is 70.0 Å². The number of morpholine rings is 1. The summed E-state index contributed by atoms with van der Waals surface area (Å²) in [5.74, 6) is 1.51. The van der Waals surface area contributed by atoms with Crippen LogP contribution in [0.2, 0.25) is 0 Å². The van der Waals surface area contributed by atoms with Gasteiger partial charge in [0.1, 0.15) is 0 Å². The summed E-state index contributed by atoms with van der Waals surface area (Å²) in [5, 5.41) is 11.3. The fourth-order valence-electron chi connectivity index (χ4n) is 3.69. The van der Waals surface area contributed by atoms with E-state index in [9.17, 15) is 0 Å². The monoisotopic (exact) mass is 393 g/mol. The van der Waals surface area contributed by atoms with E-state index < -0.39 is 0 Å². The molecule has 28 heavy (non-hydrogen) atoms. The van der Waals surface area contributed by atoms with Gasteiger partial charge >= 0.3 is 0 Å². The van der Waals surface area contributed by atoms with Crippen LogP contribution in [-0.4, -0.2) is 92.1 Å². The fraction of sp³-hybridized carbons (Fsp3) is 0.800. The number of aliphatic imine (C=N–C) groups is 1. The van der Waals surface area contributed by atoms with Gasteiger partial charge in [0.05, 0.1) is 25.5 Å². The van der Waals surface area contributed by atoms with Crippen LogP contribution in [0.5, 0.6) is 0 Å². The molecule has 0 spiro atoms. The minimum Gasteiger partial charge on any atom is -0.379 e. The van der Waals surface area contributed by atoms with Crippen LogP contribution < -0.4 is 10.6 Å². The Morgan fingerprint density at radius 2 is 1.93 bits per heavy atom. The summed E-state index contributed by atoms with van der Waals surface area (Å²) >= 11 is 0. The van der Waals surface area contributed by atoms with Crippen LogP contribution in [0.1, 0.15) is 31.9 Å². The minimum absolute atomic E-state index is 0.234. The van der Waals surface area contributed by atoms with E-state index >= 15 is 0 Å². The standard InChI is InChI=1S/C20H39N7O/c1-16(2)11-18(27-7-9-28-10-8-27)13-22-20(21-3)23-14-19(25(4)5)17-12-24-26(6)15-17/h12,15-16,18-19H,7-11,13-14H2,1-6H3,(H2,21,22,23). The molecule has 0 aliphatic carbocycles. The lowest BCUT2D eigenvalue weighted by atomic mass is 10.0. The van der Waals surface area contributed by atoms with Crippen LogP contribution >= 0.6 is 0 Å². The van der Waals surface area contributed by atoms with Gasteiger partial charge in [-0.25, -0.2) is 0 Å². The molecule has 8 nitrogen and oxygen atoms in total. The second kappa shape index (κ2) is 11.4. The van der Waals surface area contributed by atoms with Crippen LogP contribution in [0.15, 0.2) is 17.4 Å². The summed E-state index contributed by atoms with van der Waals surface area (Å²) in [5.41, 5.74) is 1.20. The quantitative estimate of drug-likeness (QED) is 0.481. The molecule has 2 N–H and O–H groups in total. The van der Waals surface area contributed by atoms with Gasteiger partial charge < -0.3 is 20.3 Å². The first-order valence-electron chi connectivity index (χ1n) is 10.3. The number of aryl methyl sites for hydroxylation is 1. The molecular weight excluding hydrogens is 354 g/mol. The van der Waals surface area contributed by atoms with Gasteiger partial charge in [-0.2, -0.15) is 5.10 Å².